The molecule has 1 aromatic carbocycles. The molecule has 0 unspecified atom stereocenters. The molecule has 16 heavy (non-hydrogen) atoms. The average Bonchev–Trinajstić information content (AvgIpc) is 2.31. The van der Waals surface area contributed by atoms with Gasteiger partial charge in [0.1, 0.15) is 5.75 Å². The van der Waals surface area contributed by atoms with Crippen LogP contribution in [0.15, 0.2) is 24.3 Å². The van der Waals surface area contributed by atoms with Crippen molar-refractivity contribution in [2.75, 3.05) is 19.4 Å². The SMILES string of the molecule is CCOc1ccc(CN(C)C(=O)CS)cc1. The zero-order chi connectivity index (χ0) is 12.0. The summed E-state index contributed by atoms with van der Waals surface area (Å²) in [6.07, 6.45) is 0. The van der Waals surface area contributed by atoms with Crippen molar-refractivity contribution >= 4 is 18.5 Å². The van der Waals surface area contributed by atoms with Gasteiger partial charge in [-0.25, -0.2) is 0 Å². The molecule has 0 fully saturated rings. The molecule has 0 aromatic heterocycles. The Labute approximate surface area is 102 Å². The van der Waals surface area contributed by atoms with E-state index in [0.29, 0.717) is 13.2 Å². The molecule has 3 nitrogen and oxygen atoms in total. The van der Waals surface area contributed by atoms with Crippen LogP contribution in [0.25, 0.3) is 0 Å². The maximum Gasteiger partial charge on any atom is 0.232 e. The fourth-order valence-corrected chi connectivity index (χ4v) is 1.58. The van der Waals surface area contributed by atoms with Gasteiger partial charge in [0.15, 0.2) is 0 Å². The smallest absolute Gasteiger partial charge is 0.232 e. The topological polar surface area (TPSA) is 29.5 Å². The molecule has 1 rings (SSSR count). The number of nitrogens with zero attached hydrogens (tertiary/aromatic N) is 1. The highest BCUT2D eigenvalue weighted by atomic mass is 32.1. The van der Waals surface area contributed by atoms with Crippen LogP contribution in [0.4, 0.5) is 0 Å². The number of thiol groups is 1. The molecule has 0 aliphatic carbocycles. The highest BCUT2D eigenvalue weighted by Gasteiger charge is 2.06. The Kier molecular flexibility index (Phi) is 5.19. The van der Waals surface area contributed by atoms with E-state index in [1.54, 1.807) is 11.9 Å². The van der Waals surface area contributed by atoms with Crippen molar-refractivity contribution in [2.45, 2.75) is 13.5 Å². The third kappa shape index (κ3) is 3.77. The van der Waals surface area contributed by atoms with Gasteiger partial charge in [-0.3, -0.25) is 4.79 Å². The van der Waals surface area contributed by atoms with Gasteiger partial charge in [0, 0.05) is 13.6 Å². The van der Waals surface area contributed by atoms with Crippen LogP contribution in [0.1, 0.15) is 12.5 Å². The molecular formula is C12H17NO2S. The van der Waals surface area contributed by atoms with Gasteiger partial charge in [-0.2, -0.15) is 12.6 Å². The van der Waals surface area contributed by atoms with E-state index in [-0.39, 0.29) is 11.7 Å². The standard InChI is InChI=1S/C12H17NO2S/c1-3-15-11-6-4-10(5-7-11)8-13(2)12(14)9-16/h4-7,16H,3,8-9H2,1-2H3. The number of amides is 1. The molecule has 0 heterocycles. The van der Waals surface area contributed by atoms with Crippen LogP contribution in [-0.4, -0.2) is 30.2 Å². The molecule has 0 aliphatic rings. The third-order valence-corrected chi connectivity index (χ3v) is 2.49. The lowest BCUT2D eigenvalue weighted by Crippen LogP contribution is -2.27. The van der Waals surface area contributed by atoms with Crippen LogP contribution in [0.2, 0.25) is 0 Å². The lowest BCUT2D eigenvalue weighted by Gasteiger charge is -2.16. The molecule has 4 heteroatoms. The predicted octanol–water partition coefficient (Wildman–Crippen LogP) is 1.97. The maximum atomic E-state index is 11.3. The zero-order valence-electron chi connectivity index (χ0n) is 9.64. The highest BCUT2D eigenvalue weighted by molar-refractivity contribution is 7.81. The van der Waals surface area contributed by atoms with Gasteiger partial charge < -0.3 is 9.64 Å². The van der Waals surface area contributed by atoms with Crippen LogP contribution in [-0.2, 0) is 11.3 Å². The number of hydrogen-bond donors (Lipinski definition) is 1. The third-order valence-electron chi connectivity index (χ3n) is 2.22. The molecule has 0 atom stereocenters. The van der Waals surface area contributed by atoms with Crippen LogP contribution in [0, 0.1) is 0 Å². The molecule has 0 N–H and O–H groups in total. The number of hydrogen-bond acceptors (Lipinski definition) is 3. The van der Waals surface area contributed by atoms with E-state index in [9.17, 15) is 4.79 Å². The molecule has 0 aliphatic heterocycles. The van der Waals surface area contributed by atoms with Gasteiger partial charge in [-0.1, -0.05) is 12.1 Å². The normalized spacial score (nSPS) is 9.94. The zero-order valence-corrected chi connectivity index (χ0v) is 10.5. The van der Waals surface area contributed by atoms with Crippen molar-refractivity contribution in [3.63, 3.8) is 0 Å². The van der Waals surface area contributed by atoms with Gasteiger partial charge in [-0.05, 0) is 24.6 Å². The Morgan fingerprint density at radius 3 is 2.50 bits per heavy atom. The largest absolute Gasteiger partial charge is 0.494 e. The molecule has 0 bridgehead atoms. The molecule has 0 saturated carbocycles. The molecule has 0 saturated heterocycles. The second-order valence-electron chi connectivity index (χ2n) is 3.48. The summed E-state index contributed by atoms with van der Waals surface area (Å²) in [6, 6.07) is 7.76. The molecule has 88 valence electrons. The first-order chi connectivity index (χ1) is 7.67. The van der Waals surface area contributed by atoms with E-state index in [1.807, 2.05) is 31.2 Å². The second-order valence-corrected chi connectivity index (χ2v) is 3.80. The molecule has 1 aromatic rings. The molecule has 1 amide bonds. The van der Waals surface area contributed by atoms with Crippen LogP contribution >= 0.6 is 12.6 Å². The lowest BCUT2D eigenvalue weighted by molar-refractivity contribution is -0.127. The minimum absolute atomic E-state index is 0.0252. The maximum absolute atomic E-state index is 11.3. The minimum atomic E-state index is 0.0252. The Bertz CT molecular complexity index is 337. The van der Waals surface area contributed by atoms with Gasteiger partial charge in [0.2, 0.25) is 5.91 Å². The minimum Gasteiger partial charge on any atom is -0.494 e. The average molecular weight is 239 g/mol. The first-order valence-corrected chi connectivity index (χ1v) is 5.87. The first-order valence-electron chi connectivity index (χ1n) is 5.24. The Morgan fingerprint density at radius 2 is 2.00 bits per heavy atom. The van der Waals surface area contributed by atoms with Crippen molar-refractivity contribution in [2.24, 2.45) is 0 Å². The van der Waals surface area contributed by atoms with Crippen LogP contribution in [0.5, 0.6) is 5.75 Å². The molecular weight excluding hydrogens is 222 g/mol. The summed E-state index contributed by atoms with van der Waals surface area (Å²) < 4.78 is 5.34. The predicted molar refractivity (Wildman–Crippen MR) is 67.9 cm³/mol. The van der Waals surface area contributed by atoms with Gasteiger partial charge in [0.25, 0.3) is 0 Å². The summed E-state index contributed by atoms with van der Waals surface area (Å²) in [5.74, 6) is 1.12. The van der Waals surface area contributed by atoms with Crippen molar-refractivity contribution in [3.8, 4) is 5.75 Å². The van der Waals surface area contributed by atoms with Crippen LogP contribution in [0.3, 0.4) is 0 Å². The molecule has 0 spiro atoms. The Balaban J connectivity index is 2.58. The number of benzene rings is 1. The van der Waals surface area contributed by atoms with E-state index in [4.69, 9.17) is 4.74 Å². The van der Waals surface area contributed by atoms with Crippen molar-refractivity contribution < 1.29 is 9.53 Å². The Hall–Kier alpha value is -1.16. The van der Waals surface area contributed by atoms with Crippen molar-refractivity contribution in [1.29, 1.82) is 0 Å². The second kappa shape index (κ2) is 6.43. The first kappa shape index (κ1) is 12.9. The number of carbonyl (C=O) groups is 1. The Morgan fingerprint density at radius 1 is 1.38 bits per heavy atom. The monoisotopic (exact) mass is 239 g/mol. The summed E-state index contributed by atoms with van der Waals surface area (Å²) in [5.41, 5.74) is 1.08. The number of carbonyl (C=O) groups excluding carboxylic acids is 1. The van der Waals surface area contributed by atoms with Gasteiger partial charge in [0.05, 0.1) is 12.4 Å². The van der Waals surface area contributed by atoms with E-state index in [1.165, 1.54) is 0 Å². The van der Waals surface area contributed by atoms with Gasteiger partial charge >= 0.3 is 0 Å². The van der Waals surface area contributed by atoms with E-state index in [2.05, 4.69) is 12.6 Å². The summed E-state index contributed by atoms with van der Waals surface area (Å²) >= 11 is 3.95. The van der Waals surface area contributed by atoms with Crippen LogP contribution < -0.4 is 4.74 Å². The van der Waals surface area contributed by atoms with E-state index in [0.717, 1.165) is 11.3 Å². The fraction of sp³-hybridized carbons (Fsp3) is 0.417. The summed E-state index contributed by atoms with van der Waals surface area (Å²) in [5, 5.41) is 0. The van der Waals surface area contributed by atoms with Crippen molar-refractivity contribution in [3.05, 3.63) is 29.8 Å². The lowest BCUT2D eigenvalue weighted by atomic mass is 10.2. The quantitative estimate of drug-likeness (QED) is 0.796. The highest BCUT2D eigenvalue weighted by Crippen LogP contribution is 2.13. The van der Waals surface area contributed by atoms with Gasteiger partial charge in [-0.15, -0.1) is 0 Å². The fourth-order valence-electron chi connectivity index (χ4n) is 1.34. The number of ether oxygens (including phenoxy) is 1. The molecule has 0 radical (unpaired) electrons. The van der Waals surface area contributed by atoms with E-state index < -0.39 is 0 Å². The number of rotatable bonds is 5. The van der Waals surface area contributed by atoms with Crippen molar-refractivity contribution in [1.82, 2.24) is 4.90 Å². The summed E-state index contributed by atoms with van der Waals surface area (Å²) in [6.45, 7) is 3.22. The summed E-state index contributed by atoms with van der Waals surface area (Å²) in [7, 11) is 1.77. The van der Waals surface area contributed by atoms with E-state index >= 15 is 0 Å². The summed E-state index contributed by atoms with van der Waals surface area (Å²) in [4.78, 5) is 13.0.